The number of para-hydroxylation sites is 3. The van der Waals surface area contributed by atoms with Gasteiger partial charge in [-0.1, -0.05) is 43.0 Å². The van der Waals surface area contributed by atoms with E-state index in [1.807, 2.05) is 61.5 Å². The number of imidazole rings is 1. The maximum atomic E-state index is 6.09. The van der Waals surface area contributed by atoms with Gasteiger partial charge in [-0.25, -0.2) is 4.98 Å². The van der Waals surface area contributed by atoms with Crippen LogP contribution in [0.1, 0.15) is 18.2 Å². The molecule has 1 N–H and O–H groups in total. The highest BCUT2D eigenvalue weighted by atomic mass is 16.3. The number of furan rings is 1. The molecule has 2 aromatic heterocycles. The van der Waals surface area contributed by atoms with Crippen molar-refractivity contribution in [1.82, 2.24) is 9.97 Å². The van der Waals surface area contributed by atoms with E-state index in [1.54, 1.807) is 0 Å². The quantitative estimate of drug-likeness (QED) is 0.531. The molecule has 112 valence electrons. The summed E-state index contributed by atoms with van der Waals surface area (Å²) in [5, 5.41) is 1.05. The third kappa shape index (κ3) is 2.09. The highest BCUT2D eigenvalue weighted by Gasteiger charge is 2.16. The van der Waals surface area contributed by atoms with Gasteiger partial charge in [0.25, 0.3) is 0 Å². The average molecular weight is 300 g/mol. The number of allylic oxidation sites excluding steroid dienone is 1. The number of nitrogens with one attached hydrogen (secondary N) is 1. The van der Waals surface area contributed by atoms with Crippen molar-refractivity contribution in [3.8, 4) is 11.4 Å². The van der Waals surface area contributed by atoms with Crippen molar-refractivity contribution in [3.63, 3.8) is 0 Å². The highest BCUT2D eigenvalue weighted by Crippen LogP contribution is 2.34. The van der Waals surface area contributed by atoms with E-state index >= 15 is 0 Å². The molecule has 0 spiro atoms. The largest absolute Gasteiger partial charge is 0.455 e. The van der Waals surface area contributed by atoms with Gasteiger partial charge >= 0.3 is 0 Å². The van der Waals surface area contributed by atoms with E-state index in [0.717, 1.165) is 44.7 Å². The molecule has 2 heterocycles. The first-order chi connectivity index (χ1) is 11.3. The van der Waals surface area contributed by atoms with Crippen LogP contribution in [0.3, 0.4) is 0 Å². The molecule has 3 heteroatoms. The Morgan fingerprint density at radius 2 is 2.00 bits per heavy atom. The molecule has 4 rings (SSSR count). The normalized spacial score (nSPS) is 11.7. The summed E-state index contributed by atoms with van der Waals surface area (Å²) < 4.78 is 6.09. The predicted octanol–water partition coefficient (Wildman–Crippen LogP) is 5.65. The maximum Gasteiger partial charge on any atom is 0.146 e. The number of rotatable bonds is 3. The van der Waals surface area contributed by atoms with Gasteiger partial charge in [-0.05, 0) is 31.2 Å². The Bertz CT molecular complexity index is 1020. The molecule has 0 saturated heterocycles. The molecule has 4 aromatic rings. The molecular formula is C20H16N2O. The number of aromatic nitrogens is 2. The minimum atomic E-state index is 0.813. The molecular weight excluding hydrogens is 284 g/mol. The molecule has 3 nitrogen and oxygen atoms in total. The molecule has 0 aliphatic heterocycles. The molecule has 0 aliphatic rings. The molecule has 0 bridgehead atoms. The summed E-state index contributed by atoms with van der Waals surface area (Å²) in [5.74, 6) is 1.63. The second-order valence-electron chi connectivity index (χ2n) is 5.37. The molecule has 2 aromatic carbocycles. The number of fused-ring (bicyclic) bond motifs is 2. The average Bonchev–Trinajstić information content (AvgIpc) is 3.15. The van der Waals surface area contributed by atoms with Gasteiger partial charge in [0.2, 0.25) is 0 Å². The van der Waals surface area contributed by atoms with Crippen LogP contribution in [0.2, 0.25) is 0 Å². The highest BCUT2D eigenvalue weighted by molar-refractivity contribution is 5.99. The first-order valence-electron chi connectivity index (χ1n) is 7.57. The van der Waals surface area contributed by atoms with E-state index < -0.39 is 0 Å². The van der Waals surface area contributed by atoms with Gasteiger partial charge in [0, 0.05) is 10.9 Å². The zero-order chi connectivity index (χ0) is 15.8. The van der Waals surface area contributed by atoms with E-state index in [2.05, 4.69) is 22.6 Å². The smallest absolute Gasteiger partial charge is 0.146 e. The van der Waals surface area contributed by atoms with Gasteiger partial charge in [-0.2, -0.15) is 0 Å². The number of nitrogens with zero attached hydrogens (tertiary/aromatic N) is 1. The lowest BCUT2D eigenvalue weighted by Gasteiger charge is -1.98. The predicted molar refractivity (Wildman–Crippen MR) is 96.1 cm³/mol. The van der Waals surface area contributed by atoms with Crippen LogP contribution in [0.25, 0.3) is 45.5 Å². The second kappa shape index (κ2) is 5.29. The number of aromatic amines is 1. The topological polar surface area (TPSA) is 41.8 Å². The Morgan fingerprint density at radius 3 is 2.78 bits per heavy atom. The van der Waals surface area contributed by atoms with Crippen LogP contribution in [-0.2, 0) is 0 Å². The number of hydrogen-bond acceptors (Lipinski definition) is 2. The van der Waals surface area contributed by atoms with Crippen molar-refractivity contribution >= 4 is 34.2 Å². The van der Waals surface area contributed by atoms with Crippen molar-refractivity contribution in [2.24, 2.45) is 0 Å². The molecule has 0 atom stereocenters. The SMILES string of the molecule is C=Cc1c(/C=C\C)oc2c(-c3nc4ccccc4[nH]3)cccc12. The summed E-state index contributed by atoms with van der Waals surface area (Å²) >= 11 is 0. The van der Waals surface area contributed by atoms with Crippen molar-refractivity contribution in [1.29, 1.82) is 0 Å². The van der Waals surface area contributed by atoms with Crippen molar-refractivity contribution < 1.29 is 4.42 Å². The lowest BCUT2D eigenvalue weighted by Crippen LogP contribution is -1.81. The Hall–Kier alpha value is -3.07. The third-order valence-corrected chi connectivity index (χ3v) is 3.95. The van der Waals surface area contributed by atoms with Gasteiger partial charge in [0.15, 0.2) is 0 Å². The fourth-order valence-corrected chi connectivity index (χ4v) is 2.91. The van der Waals surface area contributed by atoms with Crippen LogP contribution in [0.5, 0.6) is 0 Å². The van der Waals surface area contributed by atoms with Crippen LogP contribution in [0.4, 0.5) is 0 Å². The maximum absolute atomic E-state index is 6.09. The number of benzene rings is 2. The van der Waals surface area contributed by atoms with Gasteiger partial charge in [-0.15, -0.1) is 0 Å². The van der Waals surface area contributed by atoms with Crippen LogP contribution >= 0.6 is 0 Å². The van der Waals surface area contributed by atoms with Crippen molar-refractivity contribution in [3.05, 3.63) is 66.4 Å². The summed E-state index contributed by atoms with van der Waals surface area (Å²) in [6.45, 7) is 5.89. The Morgan fingerprint density at radius 1 is 1.13 bits per heavy atom. The van der Waals surface area contributed by atoms with E-state index in [4.69, 9.17) is 4.42 Å². The summed E-state index contributed by atoms with van der Waals surface area (Å²) in [6.07, 6.45) is 5.76. The number of H-pyrrole nitrogens is 1. The fourth-order valence-electron chi connectivity index (χ4n) is 2.91. The first kappa shape index (κ1) is 13.6. The van der Waals surface area contributed by atoms with Crippen LogP contribution in [0.15, 0.2) is 59.5 Å². The molecule has 0 saturated carbocycles. The molecule has 23 heavy (non-hydrogen) atoms. The second-order valence-corrected chi connectivity index (χ2v) is 5.37. The molecule has 0 amide bonds. The summed E-state index contributed by atoms with van der Waals surface area (Å²) in [7, 11) is 0. The summed E-state index contributed by atoms with van der Waals surface area (Å²) in [6, 6.07) is 14.1. The lowest BCUT2D eigenvalue weighted by atomic mass is 10.1. The molecule has 0 unspecified atom stereocenters. The van der Waals surface area contributed by atoms with Crippen molar-refractivity contribution in [2.75, 3.05) is 0 Å². The third-order valence-electron chi connectivity index (χ3n) is 3.95. The standard InChI is InChI=1S/C20H16N2O/c1-3-8-18-13(4-2)14-9-7-10-15(19(14)23-18)20-21-16-11-5-6-12-17(16)22-20/h3-12H,2H2,1H3,(H,21,22)/b8-3-. The lowest BCUT2D eigenvalue weighted by molar-refractivity contribution is 0.604. The Kier molecular flexibility index (Phi) is 3.12. The van der Waals surface area contributed by atoms with Gasteiger partial charge in [-0.3, -0.25) is 0 Å². The van der Waals surface area contributed by atoms with E-state index in [1.165, 1.54) is 0 Å². The Balaban J connectivity index is 2.01. The van der Waals surface area contributed by atoms with E-state index in [-0.39, 0.29) is 0 Å². The Labute approximate surface area is 134 Å². The van der Waals surface area contributed by atoms with Gasteiger partial charge in [0.05, 0.1) is 16.6 Å². The van der Waals surface area contributed by atoms with E-state index in [0.29, 0.717) is 0 Å². The van der Waals surface area contributed by atoms with Crippen LogP contribution < -0.4 is 0 Å². The zero-order valence-electron chi connectivity index (χ0n) is 12.8. The van der Waals surface area contributed by atoms with E-state index in [9.17, 15) is 0 Å². The minimum Gasteiger partial charge on any atom is -0.455 e. The van der Waals surface area contributed by atoms with Crippen LogP contribution in [-0.4, -0.2) is 9.97 Å². The van der Waals surface area contributed by atoms with Crippen LogP contribution in [0, 0.1) is 0 Å². The monoisotopic (exact) mass is 300 g/mol. The molecule has 0 aliphatic carbocycles. The van der Waals surface area contributed by atoms with Crippen molar-refractivity contribution in [2.45, 2.75) is 6.92 Å². The summed E-state index contributed by atoms with van der Waals surface area (Å²) in [5.41, 5.74) is 4.76. The minimum absolute atomic E-state index is 0.813. The fraction of sp³-hybridized carbons (Fsp3) is 0.0500. The molecule has 0 radical (unpaired) electrons. The zero-order valence-corrected chi connectivity index (χ0v) is 12.8. The first-order valence-corrected chi connectivity index (χ1v) is 7.57. The summed E-state index contributed by atoms with van der Waals surface area (Å²) in [4.78, 5) is 8.05. The number of hydrogen-bond donors (Lipinski definition) is 1. The van der Waals surface area contributed by atoms with Gasteiger partial charge < -0.3 is 9.40 Å². The molecule has 0 fully saturated rings. The van der Waals surface area contributed by atoms with Gasteiger partial charge in [0.1, 0.15) is 17.2 Å².